The molecule has 0 aromatic heterocycles. The molecule has 0 saturated heterocycles. The highest BCUT2D eigenvalue weighted by Gasteiger charge is 2.32. The van der Waals surface area contributed by atoms with E-state index in [-0.39, 0.29) is 0 Å². The fourth-order valence-electron chi connectivity index (χ4n) is 2.77. The summed E-state index contributed by atoms with van der Waals surface area (Å²) in [5, 5.41) is 0. The van der Waals surface area contributed by atoms with Crippen molar-refractivity contribution in [2.75, 3.05) is 0 Å². The van der Waals surface area contributed by atoms with Crippen molar-refractivity contribution in [3.05, 3.63) is 11.6 Å². The highest BCUT2D eigenvalue weighted by atomic mass is 14.7. The zero-order valence-electron chi connectivity index (χ0n) is 10.0. The van der Waals surface area contributed by atoms with Gasteiger partial charge < -0.3 is 5.73 Å². The van der Waals surface area contributed by atoms with Crippen molar-refractivity contribution in [2.45, 2.75) is 64.3 Å². The van der Waals surface area contributed by atoms with Crippen molar-refractivity contribution < 1.29 is 0 Å². The molecule has 1 nitrogen and oxygen atoms in total. The summed E-state index contributed by atoms with van der Waals surface area (Å²) in [5.74, 6) is 1.65. The molecule has 2 aliphatic carbocycles. The van der Waals surface area contributed by atoms with Crippen LogP contribution in [0.4, 0.5) is 0 Å². The SMILES string of the molecule is CC(C1CC1)C(N)C1=CCCCCCC1. The van der Waals surface area contributed by atoms with E-state index in [0.717, 1.165) is 11.8 Å². The summed E-state index contributed by atoms with van der Waals surface area (Å²) in [5.41, 5.74) is 7.95. The Morgan fingerprint density at radius 1 is 1.20 bits per heavy atom. The van der Waals surface area contributed by atoms with E-state index in [1.165, 1.54) is 51.4 Å². The molecule has 2 aliphatic rings. The topological polar surface area (TPSA) is 26.0 Å². The van der Waals surface area contributed by atoms with E-state index in [2.05, 4.69) is 13.0 Å². The summed E-state index contributed by atoms with van der Waals surface area (Å²) in [7, 11) is 0. The molecule has 2 N–H and O–H groups in total. The lowest BCUT2D eigenvalue weighted by atomic mass is 9.86. The molecule has 2 rings (SSSR count). The second-order valence-corrected chi connectivity index (χ2v) is 5.45. The standard InChI is InChI=1S/C14H25N/c1-11(12-9-10-12)14(15)13-7-5-3-2-4-6-8-13/h7,11-12,14H,2-6,8-10,15H2,1H3. The average molecular weight is 207 g/mol. The third kappa shape index (κ3) is 3.07. The Morgan fingerprint density at radius 3 is 2.67 bits per heavy atom. The van der Waals surface area contributed by atoms with Crippen molar-refractivity contribution in [3.63, 3.8) is 0 Å². The first-order chi connectivity index (χ1) is 7.29. The molecule has 1 fully saturated rings. The quantitative estimate of drug-likeness (QED) is 0.702. The molecule has 0 amide bonds. The minimum atomic E-state index is 0.357. The van der Waals surface area contributed by atoms with Gasteiger partial charge in [-0.3, -0.25) is 0 Å². The summed E-state index contributed by atoms with van der Waals surface area (Å²) in [6.07, 6.45) is 13.4. The monoisotopic (exact) mass is 207 g/mol. The van der Waals surface area contributed by atoms with Gasteiger partial charge in [0.1, 0.15) is 0 Å². The minimum absolute atomic E-state index is 0.357. The lowest BCUT2D eigenvalue weighted by molar-refractivity contribution is 0.429. The number of nitrogens with two attached hydrogens (primary N) is 1. The van der Waals surface area contributed by atoms with Gasteiger partial charge in [-0.25, -0.2) is 0 Å². The molecule has 2 unspecified atom stereocenters. The number of allylic oxidation sites excluding steroid dienone is 1. The van der Waals surface area contributed by atoms with E-state index in [4.69, 9.17) is 5.73 Å². The molecule has 0 aromatic rings. The molecule has 0 aromatic carbocycles. The fraction of sp³-hybridized carbons (Fsp3) is 0.857. The van der Waals surface area contributed by atoms with Gasteiger partial charge in [0.05, 0.1) is 0 Å². The largest absolute Gasteiger partial charge is 0.324 e. The van der Waals surface area contributed by atoms with Crippen molar-refractivity contribution in [1.82, 2.24) is 0 Å². The molecule has 0 bridgehead atoms. The van der Waals surface area contributed by atoms with Gasteiger partial charge in [0.15, 0.2) is 0 Å². The zero-order chi connectivity index (χ0) is 10.7. The van der Waals surface area contributed by atoms with Gasteiger partial charge in [-0.1, -0.05) is 31.4 Å². The molecule has 0 heterocycles. The third-order valence-corrected chi connectivity index (χ3v) is 4.19. The molecule has 1 saturated carbocycles. The second kappa shape index (κ2) is 5.16. The maximum atomic E-state index is 6.39. The van der Waals surface area contributed by atoms with Crippen molar-refractivity contribution in [2.24, 2.45) is 17.6 Å². The first-order valence-corrected chi connectivity index (χ1v) is 6.73. The average Bonchev–Trinajstić information content (AvgIpc) is 2.98. The zero-order valence-corrected chi connectivity index (χ0v) is 10.0. The van der Waals surface area contributed by atoms with Gasteiger partial charge in [0.2, 0.25) is 0 Å². The number of hydrogen-bond acceptors (Lipinski definition) is 1. The maximum Gasteiger partial charge on any atom is 0.0282 e. The van der Waals surface area contributed by atoms with E-state index in [1.807, 2.05) is 0 Å². The first kappa shape index (κ1) is 11.2. The summed E-state index contributed by atoms with van der Waals surface area (Å²) in [6, 6.07) is 0.357. The van der Waals surface area contributed by atoms with Crippen molar-refractivity contribution >= 4 is 0 Å². The van der Waals surface area contributed by atoms with Crippen LogP contribution in [-0.4, -0.2) is 6.04 Å². The highest BCUT2D eigenvalue weighted by molar-refractivity contribution is 5.13. The van der Waals surface area contributed by atoms with Crippen LogP contribution in [0.5, 0.6) is 0 Å². The Balaban J connectivity index is 1.93. The summed E-state index contributed by atoms with van der Waals surface area (Å²) in [4.78, 5) is 0. The molecule has 2 atom stereocenters. The Labute approximate surface area is 94.1 Å². The van der Waals surface area contributed by atoms with E-state index in [0.29, 0.717) is 6.04 Å². The summed E-state index contributed by atoms with van der Waals surface area (Å²) in [6.45, 7) is 2.35. The van der Waals surface area contributed by atoms with Gasteiger partial charge >= 0.3 is 0 Å². The van der Waals surface area contributed by atoms with Crippen LogP contribution in [0.15, 0.2) is 11.6 Å². The predicted octanol–water partition coefficient (Wildman–Crippen LogP) is 3.64. The van der Waals surface area contributed by atoms with E-state index in [9.17, 15) is 0 Å². The van der Waals surface area contributed by atoms with Crippen LogP contribution in [0.3, 0.4) is 0 Å². The van der Waals surface area contributed by atoms with Crippen LogP contribution in [-0.2, 0) is 0 Å². The van der Waals surface area contributed by atoms with Crippen LogP contribution in [0, 0.1) is 11.8 Å². The Morgan fingerprint density at radius 2 is 1.93 bits per heavy atom. The van der Waals surface area contributed by atoms with Crippen LogP contribution >= 0.6 is 0 Å². The molecule has 1 heteroatoms. The Kier molecular flexibility index (Phi) is 3.85. The van der Waals surface area contributed by atoms with Crippen molar-refractivity contribution in [3.8, 4) is 0 Å². The van der Waals surface area contributed by atoms with Gasteiger partial charge in [-0.15, -0.1) is 0 Å². The Hall–Kier alpha value is -0.300. The van der Waals surface area contributed by atoms with Gasteiger partial charge in [-0.2, -0.15) is 0 Å². The predicted molar refractivity (Wildman–Crippen MR) is 65.6 cm³/mol. The van der Waals surface area contributed by atoms with Gasteiger partial charge in [-0.05, 0) is 50.4 Å². The molecular weight excluding hydrogens is 182 g/mol. The van der Waals surface area contributed by atoms with E-state index >= 15 is 0 Å². The lowest BCUT2D eigenvalue weighted by Crippen LogP contribution is -2.32. The molecule has 0 aliphatic heterocycles. The molecular formula is C14H25N. The summed E-state index contributed by atoms with van der Waals surface area (Å²) >= 11 is 0. The lowest BCUT2D eigenvalue weighted by Gasteiger charge is -2.24. The smallest absolute Gasteiger partial charge is 0.0282 e. The van der Waals surface area contributed by atoms with Gasteiger partial charge in [0.25, 0.3) is 0 Å². The Bertz CT molecular complexity index is 227. The maximum absolute atomic E-state index is 6.39. The van der Waals surface area contributed by atoms with Crippen LogP contribution in [0.25, 0.3) is 0 Å². The molecule has 0 radical (unpaired) electrons. The van der Waals surface area contributed by atoms with Crippen LogP contribution < -0.4 is 5.73 Å². The minimum Gasteiger partial charge on any atom is -0.324 e. The van der Waals surface area contributed by atoms with Crippen LogP contribution in [0.1, 0.15) is 58.3 Å². The third-order valence-electron chi connectivity index (χ3n) is 4.19. The van der Waals surface area contributed by atoms with E-state index in [1.54, 1.807) is 5.57 Å². The summed E-state index contributed by atoms with van der Waals surface area (Å²) < 4.78 is 0. The normalized spacial score (nSPS) is 27.5. The second-order valence-electron chi connectivity index (χ2n) is 5.45. The molecule has 86 valence electrons. The molecule has 15 heavy (non-hydrogen) atoms. The van der Waals surface area contributed by atoms with Crippen molar-refractivity contribution in [1.29, 1.82) is 0 Å². The van der Waals surface area contributed by atoms with Crippen LogP contribution in [0.2, 0.25) is 0 Å². The number of rotatable bonds is 3. The van der Waals surface area contributed by atoms with E-state index < -0.39 is 0 Å². The number of hydrogen-bond donors (Lipinski definition) is 1. The fourth-order valence-corrected chi connectivity index (χ4v) is 2.77. The highest BCUT2D eigenvalue weighted by Crippen LogP contribution is 2.39. The van der Waals surface area contributed by atoms with Gasteiger partial charge in [0, 0.05) is 6.04 Å². The molecule has 0 spiro atoms. The first-order valence-electron chi connectivity index (χ1n) is 6.73.